The Morgan fingerprint density at radius 2 is 1.52 bits per heavy atom. The van der Waals surface area contributed by atoms with Gasteiger partial charge in [0, 0.05) is 25.1 Å². The van der Waals surface area contributed by atoms with E-state index in [0.29, 0.717) is 45.8 Å². The van der Waals surface area contributed by atoms with E-state index in [0.717, 1.165) is 12.1 Å². The van der Waals surface area contributed by atoms with Gasteiger partial charge >= 0.3 is 11.9 Å². The van der Waals surface area contributed by atoms with Crippen LogP contribution in [-0.2, 0) is 23.8 Å². The molecule has 2 aromatic heterocycles. The second-order valence-electron chi connectivity index (χ2n) is 8.69. The number of nitrogens with zero attached hydrogens (tertiary/aromatic N) is 1. The number of hydrogen-bond donors (Lipinski definition) is 5. The molecular weight excluding hydrogens is 560 g/mol. The van der Waals surface area contributed by atoms with Crippen molar-refractivity contribution in [3.63, 3.8) is 0 Å². The Hall–Kier alpha value is -4.51. The van der Waals surface area contributed by atoms with Gasteiger partial charge in [-0.2, -0.15) is 0 Å². The Morgan fingerprint density at radius 3 is 2.14 bits per heavy atom. The van der Waals surface area contributed by atoms with Gasteiger partial charge in [-0.15, -0.1) is 0 Å². The van der Waals surface area contributed by atoms with Crippen LogP contribution in [0.4, 0.5) is 0 Å². The molecule has 2 aromatic rings. The van der Waals surface area contributed by atoms with Crippen molar-refractivity contribution in [3.05, 3.63) is 40.3 Å². The number of nitrogens with one attached hydrogen (secondary N) is 3. The fraction of sp³-hybridized carbons (Fsp3) is 0.423. The van der Waals surface area contributed by atoms with Crippen molar-refractivity contribution in [1.29, 1.82) is 0 Å². The number of ketones is 2. The summed E-state index contributed by atoms with van der Waals surface area (Å²) < 4.78 is 16.1. The second kappa shape index (κ2) is 15.5. The van der Waals surface area contributed by atoms with Crippen LogP contribution in [0.1, 0.15) is 71.9 Å². The number of aromatic carboxylic acids is 2. The highest BCUT2D eigenvalue weighted by molar-refractivity contribution is 6.52. The number of hydrogen-bond acceptors (Lipinski definition) is 11. The number of aromatic amines is 1. The lowest BCUT2D eigenvalue weighted by molar-refractivity contribution is -0.120. The highest BCUT2D eigenvalue weighted by Gasteiger charge is 2.38. The number of carbonyl (C=O) groups is 6. The van der Waals surface area contributed by atoms with E-state index < -0.39 is 52.1 Å². The van der Waals surface area contributed by atoms with Gasteiger partial charge in [-0.05, 0) is 18.6 Å². The van der Waals surface area contributed by atoms with Crippen molar-refractivity contribution in [2.75, 3.05) is 52.8 Å². The molecule has 0 unspecified atom stereocenters. The molecule has 0 aromatic carbocycles. The molecule has 2 amide bonds. The maximum absolute atomic E-state index is 12.7. The Bertz CT molecular complexity index is 1350. The molecule has 42 heavy (non-hydrogen) atoms. The van der Waals surface area contributed by atoms with Crippen LogP contribution in [-0.4, -0.2) is 108 Å². The van der Waals surface area contributed by atoms with E-state index in [1.807, 2.05) is 0 Å². The minimum absolute atomic E-state index is 0.000182. The summed E-state index contributed by atoms with van der Waals surface area (Å²) in [5, 5.41) is 21.7. The normalized spacial score (nSPS) is 12.0. The molecule has 0 aliphatic heterocycles. The number of aromatic nitrogens is 2. The fourth-order valence-corrected chi connectivity index (χ4v) is 3.76. The topological polar surface area (TPSA) is 233 Å². The third-order valence-corrected chi connectivity index (χ3v) is 5.79. The Balaban J connectivity index is 1.41. The van der Waals surface area contributed by atoms with Crippen molar-refractivity contribution in [2.45, 2.75) is 19.8 Å². The number of carboxylic acid groups (broad SMARTS) is 2. The van der Waals surface area contributed by atoms with Crippen LogP contribution in [0, 0.1) is 0 Å². The van der Waals surface area contributed by atoms with Gasteiger partial charge in [0.05, 0.1) is 56.5 Å². The highest BCUT2D eigenvalue weighted by atomic mass is 16.7. The number of rotatable bonds is 18. The molecule has 5 N–H and O–H groups in total. The third-order valence-electron chi connectivity index (χ3n) is 5.79. The summed E-state index contributed by atoms with van der Waals surface area (Å²) in [4.78, 5) is 83.4. The van der Waals surface area contributed by atoms with Gasteiger partial charge in [-0.25, -0.2) is 20.1 Å². The van der Waals surface area contributed by atoms with Crippen LogP contribution >= 0.6 is 0 Å². The lowest BCUT2D eigenvalue weighted by Gasteiger charge is -2.17. The summed E-state index contributed by atoms with van der Waals surface area (Å²) in [6, 6.07) is 1.82. The van der Waals surface area contributed by atoms with Gasteiger partial charge in [0.25, 0.3) is 11.7 Å². The molecule has 0 radical (unpaired) electrons. The molecule has 16 heteroatoms. The number of amides is 2. The molecule has 2 heterocycles. The molecule has 1 aliphatic carbocycles. The Kier molecular flexibility index (Phi) is 11.8. The van der Waals surface area contributed by atoms with Gasteiger partial charge in [-0.3, -0.25) is 24.0 Å². The first kappa shape index (κ1) is 32.0. The molecule has 16 nitrogen and oxygen atoms in total. The molecule has 3 rings (SSSR count). The van der Waals surface area contributed by atoms with Crippen molar-refractivity contribution in [3.8, 4) is 11.3 Å². The Morgan fingerprint density at radius 1 is 0.881 bits per heavy atom. The van der Waals surface area contributed by atoms with Gasteiger partial charge in [-0.1, -0.05) is 6.92 Å². The second-order valence-corrected chi connectivity index (χ2v) is 8.69. The van der Waals surface area contributed by atoms with Crippen LogP contribution in [0.2, 0.25) is 0 Å². The zero-order valence-corrected chi connectivity index (χ0v) is 22.6. The monoisotopic (exact) mass is 590 g/mol. The van der Waals surface area contributed by atoms with E-state index in [1.165, 1.54) is 0 Å². The number of carboxylic acids is 2. The van der Waals surface area contributed by atoms with Crippen LogP contribution in [0.5, 0.6) is 0 Å². The highest BCUT2D eigenvalue weighted by Crippen LogP contribution is 2.35. The van der Waals surface area contributed by atoms with E-state index in [9.17, 15) is 39.0 Å². The number of ether oxygens (including phenoxy) is 3. The van der Waals surface area contributed by atoms with Crippen LogP contribution in [0.15, 0.2) is 12.1 Å². The number of carbonyl (C=O) groups excluding carboxylic acids is 4. The number of Topliss-reactive ketones (excluding diaryl/α,β-unsaturated/α-hetero) is 2. The van der Waals surface area contributed by atoms with Gasteiger partial charge in [0.1, 0.15) is 17.1 Å². The average molecular weight is 591 g/mol. The van der Waals surface area contributed by atoms with Crippen molar-refractivity contribution in [1.82, 2.24) is 20.8 Å². The number of pyridine rings is 1. The minimum Gasteiger partial charge on any atom is -0.478 e. The van der Waals surface area contributed by atoms with Crippen LogP contribution < -0.4 is 10.8 Å². The standard InChI is InChI=1S/C26H30N4O12/c1-2-18(31)27-4-3-5-39-6-7-40-8-9-41-10-11-42-30-24(34)16-12-14(25(35)36)19-20-15(13-17(29-20)26(37)38)22(32)23(33)21(19)28-16/h12-13,29H,2-11H2,1H3,(H,27,31)(H,30,34)(H,35,36)(H,37,38). The summed E-state index contributed by atoms with van der Waals surface area (Å²) in [7, 11) is 0. The maximum atomic E-state index is 12.7. The number of hydroxylamine groups is 1. The van der Waals surface area contributed by atoms with Crippen LogP contribution in [0.3, 0.4) is 0 Å². The zero-order chi connectivity index (χ0) is 30.6. The molecular formula is C26H30N4O12. The van der Waals surface area contributed by atoms with E-state index in [4.69, 9.17) is 19.0 Å². The molecule has 0 fully saturated rings. The largest absolute Gasteiger partial charge is 0.478 e. The number of H-pyrrole nitrogens is 1. The molecule has 1 aliphatic rings. The Labute approximate surface area is 238 Å². The molecule has 0 saturated heterocycles. The predicted molar refractivity (Wildman–Crippen MR) is 140 cm³/mol. The summed E-state index contributed by atoms with van der Waals surface area (Å²) in [5.41, 5.74) is -0.824. The lowest BCUT2D eigenvalue weighted by Crippen LogP contribution is -2.30. The minimum atomic E-state index is -1.54. The molecule has 0 atom stereocenters. The van der Waals surface area contributed by atoms with E-state index in [2.05, 4.69) is 20.8 Å². The molecule has 0 spiro atoms. The van der Waals surface area contributed by atoms with Gasteiger partial charge in [0.2, 0.25) is 11.7 Å². The van der Waals surface area contributed by atoms with Crippen molar-refractivity contribution >= 4 is 35.3 Å². The average Bonchev–Trinajstić information content (AvgIpc) is 3.43. The van der Waals surface area contributed by atoms with Gasteiger partial charge < -0.3 is 34.7 Å². The molecule has 0 saturated carbocycles. The summed E-state index contributed by atoms with van der Waals surface area (Å²) in [6.07, 6.45) is 1.15. The number of fused-ring (bicyclic) bond motifs is 3. The molecule has 0 bridgehead atoms. The van der Waals surface area contributed by atoms with Crippen molar-refractivity contribution in [2.24, 2.45) is 0 Å². The fourth-order valence-electron chi connectivity index (χ4n) is 3.76. The SMILES string of the molecule is CCC(=O)NCCCOCCOCCOCCONC(=O)c1cc(C(=O)O)c2c(n1)C(=O)C(=O)c1cc(C(=O)O)[nH]c1-2. The zero-order valence-electron chi connectivity index (χ0n) is 22.6. The molecule has 226 valence electrons. The smallest absolute Gasteiger partial charge is 0.352 e. The first-order valence-electron chi connectivity index (χ1n) is 12.9. The summed E-state index contributed by atoms with van der Waals surface area (Å²) in [5.74, 6) is -6.23. The van der Waals surface area contributed by atoms with Crippen LogP contribution in [0.25, 0.3) is 11.3 Å². The predicted octanol–water partition coefficient (Wildman–Crippen LogP) is 0.480. The van der Waals surface area contributed by atoms with E-state index >= 15 is 0 Å². The van der Waals surface area contributed by atoms with E-state index in [-0.39, 0.29) is 42.5 Å². The van der Waals surface area contributed by atoms with Gasteiger partial charge in [0.15, 0.2) is 0 Å². The third kappa shape index (κ3) is 8.26. The summed E-state index contributed by atoms with van der Waals surface area (Å²) >= 11 is 0. The lowest BCUT2D eigenvalue weighted by atomic mass is 9.88. The first-order chi connectivity index (χ1) is 20.1. The quantitative estimate of drug-likeness (QED) is 0.0904. The summed E-state index contributed by atoms with van der Waals surface area (Å²) in [6.45, 7) is 4.14. The maximum Gasteiger partial charge on any atom is 0.352 e. The van der Waals surface area contributed by atoms with E-state index in [1.54, 1.807) is 6.92 Å². The first-order valence-corrected chi connectivity index (χ1v) is 12.9. The van der Waals surface area contributed by atoms with Crippen molar-refractivity contribution < 1.29 is 58.0 Å².